The van der Waals surface area contributed by atoms with Crippen LogP contribution >= 0.6 is 0 Å². The van der Waals surface area contributed by atoms with E-state index in [1.807, 2.05) is 0 Å². The number of carbonyl (C=O) groups is 1. The summed E-state index contributed by atoms with van der Waals surface area (Å²) >= 11 is 0. The number of rotatable bonds is 4. The van der Waals surface area contributed by atoms with E-state index in [2.05, 4.69) is 5.18 Å². The number of carboxylic acids is 1. The molecule has 3 atom stereocenters. The number of hydrogen-bond acceptors (Lipinski definition) is 3. The van der Waals surface area contributed by atoms with Crippen molar-refractivity contribution in [3.8, 4) is 0 Å². The van der Waals surface area contributed by atoms with Crippen LogP contribution < -0.4 is 0 Å². The fourth-order valence-electron chi connectivity index (χ4n) is 3.96. The Hall–Kier alpha value is -1.19. The van der Waals surface area contributed by atoms with E-state index < -0.39 is 12.0 Å². The molecule has 0 aliphatic heterocycles. The summed E-state index contributed by atoms with van der Waals surface area (Å²) in [7, 11) is 0. The fourth-order valence-corrected chi connectivity index (χ4v) is 3.96. The standard InChI is InChI=1S/C12H15NO3/c14-11(15)5-10(13-16)9-3-6-1-7-4-8(2-6)12(7)9/h6-8,10H,1-5H2,(H,14,15). The molecule has 0 saturated heterocycles. The Labute approximate surface area is 93.7 Å². The van der Waals surface area contributed by atoms with Crippen molar-refractivity contribution in [3.63, 3.8) is 0 Å². The Morgan fingerprint density at radius 2 is 2.06 bits per heavy atom. The van der Waals surface area contributed by atoms with Gasteiger partial charge in [-0.05, 0) is 49.0 Å². The molecule has 5 aliphatic carbocycles. The van der Waals surface area contributed by atoms with Crippen molar-refractivity contribution < 1.29 is 9.90 Å². The highest BCUT2D eigenvalue weighted by Gasteiger charge is 2.49. The van der Waals surface area contributed by atoms with Crippen LogP contribution in [0, 0.1) is 22.7 Å². The maximum atomic E-state index is 10.8. The minimum absolute atomic E-state index is 0.130. The number of hydrogen-bond donors (Lipinski definition) is 1. The van der Waals surface area contributed by atoms with Crippen molar-refractivity contribution in [1.29, 1.82) is 0 Å². The van der Waals surface area contributed by atoms with Crippen molar-refractivity contribution in [2.45, 2.75) is 38.1 Å². The highest BCUT2D eigenvalue weighted by Crippen LogP contribution is 2.60. The summed E-state index contributed by atoms with van der Waals surface area (Å²) in [5.74, 6) is 1.08. The zero-order valence-electron chi connectivity index (χ0n) is 9.06. The molecule has 4 heteroatoms. The molecule has 0 aromatic carbocycles. The van der Waals surface area contributed by atoms with E-state index in [0.29, 0.717) is 17.8 Å². The third-order valence-electron chi connectivity index (χ3n) is 4.46. The minimum atomic E-state index is -0.923. The van der Waals surface area contributed by atoms with Crippen molar-refractivity contribution in [2.24, 2.45) is 22.9 Å². The van der Waals surface area contributed by atoms with Gasteiger partial charge in [-0.2, -0.15) is 4.91 Å². The Kier molecular flexibility index (Phi) is 2.13. The molecule has 0 spiro atoms. The monoisotopic (exact) mass is 221 g/mol. The summed E-state index contributed by atoms with van der Waals surface area (Å²) in [5, 5.41) is 11.8. The van der Waals surface area contributed by atoms with Crippen LogP contribution in [0.5, 0.6) is 0 Å². The summed E-state index contributed by atoms with van der Waals surface area (Å²) in [6.45, 7) is 0. The van der Waals surface area contributed by atoms with Crippen LogP contribution in [0.2, 0.25) is 0 Å². The average molecular weight is 221 g/mol. The van der Waals surface area contributed by atoms with Gasteiger partial charge in [0.25, 0.3) is 0 Å². The Morgan fingerprint density at radius 1 is 1.38 bits per heavy atom. The Bertz CT molecular complexity index is 374. The van der Waals surface area contributed by atoms with Crippen molar-refractivity contribution >= 4 is 5.97 Å². The second-order valence-corrected chi connectivity index (χ2v) is 5.37. The molecular formula is C12H15NO3. The predicted molar refractivity (Wildman–Crippen MR) is 57.8 cm³/mol. The van der Waals surface area contributed by atoms with Gasteiger partial charge in [0.05, 0.1) is 6.42 Å². The van der Waals surface area contributed by atoms with E-state index in [9.17, 15) is 9.70 Å². The van der Waals surface area contributed by atoms with Crippen LogP contribution in [0.3, 0.4) is 0 Å². The first-order valence-corrected chi connectivity index (χ1v) is 5.96. The first-order chi connectivity index (χ1) is 7.69. The third kappa shape index (κ3) is 1.32. The van der Waals surface area contributed by atoms with Crippen LogP contribution in [0.25, 0.3) is 0 Å². The topological polar surface area (TPSA) is 66.7 Å². The quantitative estimate of drug-likeness (QED) is 0.585. The van der Waals surface area contributed by atoms with Crippen LogP contribution in [-0.4, -0.2) is 17.1 Å². The van der Waals surface area contributed by atoms with Gasteiger partial charge in [0.1, 0.15) is 6.04 Å². The molecule has 5 rings (SSSR count). The molecular weight excluding hydrogens is 206 g/mol. The Balaban J connectivity index is 1.88. The van der Waals surface area contributed by atoms with E-state index >= 15 is 0 Å². The molecule has 4 bridgehead atoms. The Morgan fingerprint density at radius 3 is 2.56 bits per heavy atom. The van der Waals surface area contributed by atoms with E-state index in [0.717, 1.165) is 12.0 Å². The average Bonchev–Trinajstić information content (AvgIpc) is 2.24. The molecule has 5 aliphatic rings. The van der Waals surface area contributed by atoms with Gasteiger partial charge in [-0.3, -0.25) is 4.79 Å². The normalized spacial score (nSPS) is 36.9. The van der Waals surface area contributed by atoms with E-state index in [4.69, 9.17) is 5.11 Å². The van der Waals surface area contributed by atoms with Crippen LogP contribution in [-0.2, 0) is 4.79 Å². The predicted octanol–water partition coefficient (Wildman–Crippen LogP) is 2.34. The lowest BCUT2D eigenvalue weighted by Crippen LogP contribution is -2.44. The van der Waals surface area contributed by atoms with Gasteiger partial charge < -0.3 is 5.11 Å². The van der Waals surface area contributed by atoms with Crippen LogP contribution in [0.4, 0.5) is 0 Å². The highest BCUT2D eigenvalue weighted by molar-refractivity contribution is 5.68. The summed E-state index contributed by atoms with van der Waals surface area (Å²) in [6, 6.07) is -0.596. The zero-order valence-corrected chi connectivity index (χ0v) is 9.06. The molecule has 0 aromatic heterocycles. The molecule has 16 heavy (non-hydrogen) atoms. The third-order valence-corrected chi connectivity index (χ3v) is 4.46. The maximum absolute atomic E-state index is 10.8. The van der Waals surface area contributed by atoms with Gasteiger partial charge in [0.2, 0.25) is 0 Å². The van der Waals surface area contributed by atoms with Crippen LogP contribution in [0.1, 0.15) is 32.1 Å². The summed E-state index contributed by atoms with van der Waals surface area (Å²) in [5.41, 5.74) is 2.49. The lowest BCUT2D eigenvalue weighted by Gasteiger charge is -2.54. The lowest BCUT2D eigenvalue weighted by molar-refractivity contribution is -0.137. The van der Waals surface area contributed by atoms with E-state index in [1.54, 1.807) is 0 Å². The molecule has 3 fully saturated rings. The van der Waals surface area contributed by atoms with Gasteiger partial charge in [-0.15, -0.1) is 0 Å². The number of aliphatic carboxylic acids is 1. The molecule has 0 amide bonds. The lowest BCUT2D eigenvalue weighted by atomic mass is 9.51. The summed E-state index contributed by atoms with van der Waals surface area (Å²) in [4.78, 5) is 21.5. The molecule has 0 radical (unpaired) electrons. The highest BCUT2D eigenvalue weighted by atomic mass is 16.4. The number of nitrogens with zero attached hydrogens (tertiary/aromatic N) is 1. The van der Waals surface area contributed by atoms with Gasteiger partial charge in [0.15, 0.2) is 0 Å². The number of fused-ring (bicyclic) bond motifs is 1. The van der Waals surface area contributed by atoms with E-state index in [-0.39, 0.29) is 6.42 Å². The molecule has 4 nitrogen and oxygen atoms in total. The SMILES string of the molecule is O=NC(CC(=O)O)C1=C2C3CC(C1)CC2C3. The number of carboxylic acid groups (broad SMARTS) is 1. The second kappa shape index (κ2) is 3.40. The van der Waals surface area contributed by atoms with Gasteiger partial charge >= 0.3 is 5.97 Å². The number of allylic oxidation sites excluding steroid dienone is 1. The molecule has 3 saturated carbocycles. The first kappa shape index (κ1) is 10.00. The number of nitroso groups, excluding NO2 is 1. The van der Waals surface area contributed by atoms with Gasteiger partial charge in [0, 0.05) is 0 Å². The minimum Gasteiger partial charge on any atom is -0.481 e. The van der Waals surface area contributed by atoms with Gasteiger partial charge in [-0.25, -0.2) is 0 Å². The van der Waals surface area contributed by atoms with Crippen molar-refractivity contribution in [3.05, 3.63) is 16.1 Å². The van der Waals surface area contributed by atoms with Crippen molar-refractivity contribution in [1.82, 2.24) is 0 Å². The van der Waals surface area contributed by atoms with Crippen molar-refractivity contribution in [2.75, 3.05) is 0 Å². The second-order valence-electron chi connectivity index (χ2n) is 5.37. The zero-order chi connectivity index (χ0) is 11.3. The summed E-state index contributed by atoms with van der Waals surface area (Å²) < 4.78 is 0. The molecule has 1 N–H and O–H groups in total. The molecule has 86 valence electrons. The largest absolute Gasteiger partial charge is 0.481 e. The molecule has 0 heterocycles. The first-order valence-electron chi connectivity index (χ1n) is 5.96. The smallest absolute Gasteiger partial charge is 0.305 e. The fraction of sp³-hybridized carbons (Fsp3) is 0.750. The summed E-state index contributed by atoms with van der Waals surface area (Å²) in [6.07, 6.45) is 4.57. The maximum Gasteiger partial charge on any atom is 0.305 e. The van der Waals surface area contributed by atoms with Crippen LogP contribution in [0.15, 0.2) is 16.3 Å². The molecule has 3 unspecified atom stereocenters. The van der Waals surface area contributed by atoms with Gasteiger partial charge in [-0.1, -0.05) is 10.7 Å². The van der Waals surface area contributed by atoms with E-state index in [1.165, 1.54) is 24.8 Å². The molecule has 0 aromatic rings.